The standard InChI is InChI=1S/C29H32F6N6O2/c1-16(18-5-7-19(8-6-18)24(42)38-27(9-10-27)21-14-36-21)37-25(43)22-23(29(33,34)35)39-41-12-11-40(26(22)41)15-17-3-2-4-20(13-17)28(30,31)32/h2-5,7-8,16,18,20,24,38,42H,6,9-15H2,1H3,(H,37,43). The van der Waals surface area contributed by atoms with Crippen LogP contribution in [0, 0.1) is 11.8 Å². The number of carbonyl (C=O) groups excluding carboxylic acids is 1. The third-order valence-corrected chi connectivity index (χ3v) is 8.78. The van der Waals surface area contributed by atoms with Gasteiger partial charge in [-0.2, -0.15) is 31.4 Å². The summed E-state index contributed by atoms with van der Waals surface area (Å²) >= 11 is 0. The summed E-state index contributed by atoms with van der Waals surface area (Å²) in [5.74, 6) is -2.92. The highest BCUT2D eigenvalue weighted by Crippen LogP contribution is 2.42. The van der Waals surface area contributed by atoms with Crippen LogP contribution in [0.25, 0.3) is 0 Å². The van der Waals surface area contributed by atoms with E-state index in [-0.39, 0.29) is 43.3 Å². The van der Waals surface area contributed by atoms with E-state index in [9.17, 15) is 36.2 Å². The lowest BCUT2D eigenvalue weighted by atomic mass is 9.90. The summed E-state index contributed by atoms with van der Waals surface area (Å²) in [5, 5.41) is 20.3. The molecule has 3 heterocycles. The highest BCUT2D eigenvalue weighted by atomic mass is 19.4. The molecular formula is C29H32F6N6O2. The van der Waals surface area contributed by atoms with Gasteiger partial charge in [-0.15, -0.1) is 0 Å². The molecule has 43 heavy (non-hydrogen) atoms. The van der Waals surface area contributed by atoms with E-state index in [0.29, 0.717) is 17.6 Å². The molecule has 0 radical (unpaired) electrons. The molecule has 232 valence electrons. The Bertz CT molecular complexity index is 1450. The van der Waals surface area contributed by atoms with E-state index < -0.39 is 47.7 Å². The number of aliphatic imine (C=N–C) groups is 1. The van der Waals surface area contributed by atoms with Crippen molar-refractivity contribution in [1.82, 2.24) is 20.4 Å². The molecule has 0 aromatic carbocycles. The quantitative estimate of drug-likeness (QED) is 0.287. The maximum absolute atomic E-state index is 14.0. The van der Waals surface area contributed by atoms with Gasteiger partial charge < -0.3 is 15.3 Å². The van der Waals surface area contributed by atoms with Gasteiger partial charge in [-0.05, 0) is 38.2 Å². The number of nitrogens with one attached hydrogen (secondary N) is 2. The predicted molar refractivity (Wildman–Crippen MR) is 146 cm³/mol. The van der Waals surface area contributed by atoms with Gasteiger partial charge in [-0.25, -0.2) is 4.68 Å². The molecule has 0 saturated heterocycles. The van der Waals surface area contributed by atoms with Crippen molar-refractivity contribution in [2.24, 2.45) is 16.8 Å². The second kappa shape index (κ2) is 10.7. The van der Waals surface area contributed by atoms with Gasteiger partial charge in [-0.1, -0.05) is 42.0 Å². The summed E-state index contributed by atoms with van der Waals surface area (Å²) in [4.78, 5) is 19.2. The summed E-state index contributed by atoms with van der Waals surface area (Å²) in [6.07, 6.45) is 1.06. The zero-order chi connectivity index (χ0) is 30.7. The van der Waals surface area contributed by atoms with E-state index in [4.69, 9.17) is 0 Å². The van der Waals surface area contributed by atoms with E-state index in [0.717, 1.165) is 35.9 Å². The van der Waals surface area contributed by atoms with Crippen molar-refractivity contribution in [1.29, 1.82) is 0 Å². The van der Waals surface area contributed by atoms with E-state index in [2.05, 4.69) is 20.7 Å². The van der Waals surface area contributed by atoms with E-state index in [1.165, 1.54) is 17.1 Å². The monoisotopic (exact) mass is 610 g/mol. The first-order chi connectivity index (χ1) is 20.2. The second-order valence-electron chi connectivity index (χ2n) is 11.9. The Morgan fingerprint density at radius 2 is 1.93 bits per heavy atom. The van der Waals surface area contributed by atoms with Gasteiger partial charge in [0.25, 0.3) is 5.91 Å². The average molecular weight is 611 g/mol. The number of halogens is 6. The van der Waals surface area contributed by atoms with Crippen molar-refractivity contribution in [3.8, 4) is 0 Å². The summed E-state index contributed by atoms with van der Waals surface area (Å²) in [7, 11) is 0. The first-order valence-corrected chi connectivity index (χ1v) is 14.3. The van der Waals surface area contributed by atoms with Gasteiger partial charge in [0.2, 0.25) is 0 Å². The molecule has 4 atom stereocenters. The molecule has 2 aliphatic heterocycles. The highest BCUT2D eigenvalue weighted by molar-refractivity contribution is 6.06. The summed E-state index contributed by atoms with van der Waals surface area (Å²) in [5.41, 5.74) is -0.0327. The van der Waals surface area contributed by atoms with Crippen molar-refractivity contribution in [2.75, 3.05) is 24.5 Å². The molecule has 0 spiro atoms. The Kier molecular flexibility index (Phi) is 7.35. The molecule has 14 heteroatoms. The SMILES string of the molecule is CC(NC(=O)c1c(C(F)(F)F)nn2c1N(CC1=CC=CC(C(F)(F)F)C1)CC2)C1C=CC(C(O)NC2(C3=NC3)CC2)=CC1. The maximum atomic E-state index is 14.0. The van der Waals surface area contributed by atoms with Gasteiger partial charge in [-0.3, -0.25) is 15.1 Å². The van der Waals surface area contributed by atoms with Crippen molar-refractivity contribution in [2.45, 2.75) is 69.3 Å². The molecule has 3 aliphatic carbocycles. The molecule has 1 aromatic heterocycles. The number of amides is 1. The summed E-state index contributed by atoms with van der Waals surface area (Å²) < 4.78 is 83.1. The lowest BCUT2D eigenvalue weighted by Crippen LogP contribution is -2.44. The second-order valence-corrected chi connectivity index (χ2v) is 11.9. The number of nitrogens with zero attached hydrogens (tertiary/aromatic N) is 4. The van der Waals surface area contributed by atoms with Crippen molar-refractivity contribution in [3.05, 3.63) is 58.9 Å². The molecule has 1 amide bonds. The molecule has 1 aromatic rings. The molecule has 3 N–H and O–H groups in total. The van der Waals surface area contributed by atoms with Crippen molar-refractivity contribution < 1.29 is 36.2 Å². The number of alkyl halides is 6. The smallest absolute Gasteiger partial charge is 0.374 e. The predicted octanol–water partition coefficient (Wildman–Crippen LogP) is 4.30. The zero-order valence-electron chi connectivity index (χ0n) is 23.3. The number of anilines is 1. The summed E-state index contributed by atoms with van der Waals surface area (Å²) in [6, 6.07) is -0.563. The fourth-order valence-corrected chi connectivity index (χ4v) is 6.09. The first-order valence-electron chi connectivity index (χ1n) is 14.3. The Labute approximate surface area is 243 Å². The molecule has 6 rings (SSSR count). The Balaban J connectivity index is 1.14. The first kappa shape index (κ1) is 29.7. The molecular weight excluding hydrogens is 578 g/mol. The van der Waals surface area contributed by atoms with Crippen LogP contribution in [0.4, 0.5) is 32.2 Å². The molecule has 8 nitrogen and oxygen atoms in total. The fourth-order valence-electron chi connectivity index (χ4n) is 6.09. The van der Waals surface area contributed by atoms with Crippen LogP contribution in [-0.2, 0) is 12.7 Å². The minimum atomic E-state index is -4.91. The van der Waals surface area contributed by atoms with Gasteiger partial charge in [0.05, 0.1) is 30.3 Å². The van der Waals surface area contributed by atoms with Gasteiger partial charge in [0.1, 0.15) is 17.6 Å². The van der Waals surface area contributed by atoms with Crippen molar-refractivity contribution >= 4 is 17.4 Å². The number of aliphatic hydroxyl groups is 1. The number of aromatic nitrogens is 2. The van der Waals surface area contributed by atoms with Crippen LogP contribution >= 0.6 is 0 Å². The zero-order valence-corrected chi connectivity index (χ0v) is 23.3. The van der Waals surface area contributed by atoms with E-state index in [1.54, 1.807) is 13.0 Å². The van der Waals surface area contributed by atoms with Crippen LogP contribution in [-0.4, -0.2) is 70.1 Å². The minimum absolute atomic E-state index is 0.0547. The topological polar surface area (TPSA) is 94.8 Å². The largest absolute Gasteiger partial charge is 0.436 e. The molecule has 1 fully saturated rings. The summed E-state index contributed by atoms with van der Waals surface area (Å²) in [6.45, 7) is 2.63. The van der Waals surface area contributed by atoms with Gasteiger partial charge >= 0.3 is 12.4 Å². The average Bonchev–Trinajstić information content (AvgIpc) is 3.86. The number of fused-ring (bicyclic) bond motifs is 1. The van der Waals surface area contributed by atoms with Gasteiger partial charge in [0.15, 0.2) is 5.69 Å². The minimum Gasteiger partial charge on any atom is -0.374 e. The van der Waals surface area contributed by atoms with Crippen LogP contribution < -0.4 is 15.5 Å². The number of aliphatic hydroxyl groups excluding tert-OH is 1. The Morgan fingerprint density at radius 1 is 1.19 bits per heavy atom. The molecule has 5 aliphatic rings. The molecule has 0 bridgehead atoms. The van der Waals surface area contributed by atoms with Crippen molar-refractivity contribution in [3.63, 3.8) is 0 Å². The molecule has 1 saturated carbocycles. The number of hydrogen-bond donors (Lipinski definition) is 3. The number of carbonyl (C=O) groups is 1. The number of rotatable bonds is 9. The lowest BCUT2D eigenvalue weighted by Gasteiger charge is -2.27. The normalized spacial score (nSPS) is 25.5. The third kappa shape index (κ3) is 6.03. The van der Waals surface area contributed by atoms with Crippen LogP contribution in [0.15, 0.2) is 52.6 Å². The van der Waals surface area contributed by atoms with Crippen LogP contribution in [0.2, 0.25) is 0 Å². The Hall–Kier alpha value is -3.39. The van der Waals surface area contributed by atoms with Crippen LogP contribution in [0.3, 0.4) is 0 Å². The number of hydrogen-bond acceptors (Lipinski definition) is 6. The third-order valence-electron chi connectivity index (χ3n) is 8.78. The van der Waals surface area contributed by atoms with E-state index >= 15 is 0 Å². The van der Waals surface area contributed by atoms with Crippen LogP contribution in [0.1, 0.15) is 48.7 Å². The van der Waals surface area contributed by atoms with Crippen LogP contribution in [0.5, 0.6) is 0 Å². The Morgan fingerprint density at radius 3 is 2.53 bits per heavy atom. The van der Waals surface area contributed by atoms with E-state index in [1.807, 2.05) is 12.2 Å². The fraction of sp³-hybridized carbons (Fsp3) is 0.552. The number of allylic oxidation sites excluding steroid dienone is 4. The molecule has 4 unspecified atom stereocenters. The maximum Gasteiger partial charge on any atom is 0.436 e. The lowest BCUT2D eigenvalue weighted by molar-refractivity contribution is -0.161. The highest BCUT2D eigenvalue weighted by Gasteiger charge is 2.51. The van der Waals surface area contributed by atoms with Gasteiger partial charge in [0, 0.05) is 25.0 Å².